The fourth-order valence-electron chi connectivity index (χ4n) is 0. The summed E-state index contributed by atoms with van der Waals surface area (Å²) in [6.45, 7) is 1.84. The van der Waals surface area contributed by atoms with Crippen LogP contribution in [0, 0.1) is 0 Å². The van der Waals surface area contributed by atoms with Crippen LogP contribution in [0.4, 0.5) is 0 Å². The maximum absolute atomic E-state index is 6.78. The predicted molar refractivity (Wildman–Crippen MR) is 24.1 cm³/mol. The van der Waals surface area contributed by atoms with Gasteiger partial charge in [0.2, 0.25) is 0 Å². The van der Waals surface area contributed by atoms with Crippen LogP contribution in [0.1, 0.15) is 14.7 Å². The highest BCUT2D eigenvalue weighted by Gasteiger charge is 1.58. The first-order chi connectivity index (χ1) is 2.27. The number of hydrogen-bond acceptors (Lipinski definition) is 0. The maximum Gasteiger partial charge on any atom is 0.0272 e. The van der Waals surface area contributed by atoms with Crippen molar-refractivity contribution < 1.29 is 1.37 Å². The first-order valence-electron chi connectivity index (χ1n) is 1.83. The van der Waals surface area contributed by atoms with E-state index in [1.165, 1.54) is 0 Å². The molecule has 0 aliphatic heterocycles. The topological polar surface area (TPSA) is 0 Å². The van der Waals surface area contributed by atoms with Crippen molar-refractivity contribution in [3.63, 3.8) is 0 Å². The molecule has 0 amide bonds. The molecule has 0 radical (unpaired) electrons. The molecule has 0 aromatic heterocycles. The van der Waals surface area contributed by atoms with Crippen LogP contribution < -0.4 is 0 Å². The molecule has 0 saturated carbocycles. The summed E-state index contributed by atoms with van der Waals surface area (Å²) in [6.07, 6.45) is 0.0509. The van der Waals surface area contributed by atoms with E-state index in [4.69, 9.17) is 1.37 Å². The van der Waals surface area contributed by atoms with Crippen molar-refractivity contribution in [2.75, 3.05) is 5.33 Å². The molecule has 0 aliphatic rings. The van der Waals surface area contributed by atoms with Crippen LogP contribution >= 0.6 is 15.9 Å². The van der Waals surface area contributed by atoms with E-state index in [9.17, 15) is 0 Å². The Morgan fingerprint density at radius 3 is 2.50 bits per heavy atom. The van der Waals surface area contributed by atoms with Gasteiger partial charge in [-0.15, -0.1) is 0 Å². The van der Waals surface area contributed by atoms with Gasteiger partial charge in [0.1, 0.15) is 0 Å². The number of halogens is 1. The standard InChI is InChI=1S/C3H7Br/c1-2-3-4/h2-3H2,1H3/i2D. The molecule has 0 aliphatic carbocycles. The Kier molecular flexibility index (Phi) is 2.35. The molecular weight excluding hydrogens is 116 g/mol. The molecule has 1 heteroatoms. The molecule has 4 heavy (non-hydrogen) atoms. The highest BCUT2D eigenvalue weighted by atomic mass is 79.9. The van der Waals surface area contributed by atoms with E-state index in [1.807, 2.05) is 6.92 Å². The molecule has 0 aromatic carbocycles. The van der Waals surface area contributed by atoms with Crippen molar-refractivity contribution in [2.45, 2.75) is 13.3 Å². The second-order valence-electron chi connectivity index (χ2n) is 0.563. The number of rotatable bonds is 1. The van der Waals surface area contributed by atoms with Gasteiger partial charge in [-0.3, -0.25) is 0 Å². The summed E-state index contributed by atoms with van der Waals surface area (Å²) in [4.78, 5) is 0. The minimum absolute atomic E-state index is 0.0509. The summed E-state index contributed by atoms with van der Waals surface area (Å²) in [6, 6.07) is 0. The van der Waals surface area contributed by atoms with Gasteiger partial charge < -0.3 is 0 Å². The van der Waals surface area contributed by atoms with E-state index in [1.54, 1.807) is 0 Å². The van der Waals surface area contributed by atoms with Crippen LogP contribution in [-0.2, 0) is 0 Å². The van der Waals surface area contributed by atoms with E-state index in [-0.39, 0.29) is 6.40 Å². The normalized spacial score (nSPS) is 19.0. The molecule has 0 N–H and O–H groups in total. The van der Waals surface area contributed by atoms with Crippen LogP contribution in [0.3, 0.4) is 0 Å². The molecular formula is C3H7Br. The number of hydrogen-bond donors (Lipinski definition) is 0. The van der Waals surface area contributed by atoms with Crippen LogP contribution in [0.25, 0.3) is 0 Å². The Labute approximate surface area is 36.7 Å². The molecule has 0 fully saturated rings. The Hall–Kier alpha value is 0.480. The minimum Gasteiger partial charge on any atom is -0.0928 e. The second kappa shape index (κ2) is 3.48. The summed E-state index contributed by atoms with van der Waals surface area (Å²) in [5.41, 5.74) is 0. The highest BCUT2D eigenvalue weighted by Crippen LogP contribution is 1.80. The fraction of sp³-hybridized carbons (Fsp3) is 1.00. The zero-order valence-corrected chi connectivity index (χ0v) is 4.25. The Bertz CT molecular complexity index is 20.9. The summed E-state index contributed by atoms with van der Waals surface area (Å²) in [5.74, 6) is 0. The highest BCUT2D eigenvalue weighted by molar-refractivity contribution is 9.09. The third-order valence-corrected chi connectivity index (χ3v) is 0.802. The van der Waals surface area contributed by atoms with Gasteiger partial charge in [-0.05, 0) is 6.40 Å². The van der Waals surface area contributed by atoms with Gasteiger partial charge in [0.25, 0.3) is 0 Å². The third-order valence-electron chi connectivity index (χ3n) is 0.154. The van der Waals surface area contributed by atoms with Gasteiger partial charge in [-0.2, -0.15) is 0 Å². The van der Waals surface area contributed by atoms with Crippen molar-refractivity contribution in [3.05, 3.63) is 0 Å². The van der Waals surface area contributed by atoms with Crippen LogP contribution in [0.5, 0.6) is 0 Å². The maximum atomic E-state index is 6.78. The van der Waals surface area contributed by atoms with Crippen LogP contribution in [-0.4, -0.2) is 5.33 Å². The average Bonchev–Trinajstić information content (AvgIpc) is 1.38. The van der Waals surface area contributed by atoms with Crippen molar-refractivity contribution in [1.82, 2.24) is 0 Å². The molecule has 0 spiro atoms. The monoisotopic (exact) mass is 123 g/mol. The Morgan fingerprint density at radius 1 is 2.25 bits per heavy atom. The SMILES string of the molecule is [2H]C(C)CBr. The lowest BCUT2D eigenvalue weighted by atomic mass is 10.6. The molecule has 0 aromatic rings. The van der Waals surface area contributed by atoms with Gasteiger partial charge >= 0.3 is 0 Å². The van der Waals surface area contributed by atoms with E-state index < -0.39 is 0 Å². The molecule has 0 bridgehead atoms. The molecule has 0 rings (SSSR count). The molecule has 0 heterocycles. The summed E-state index contributed by atoms with van der Waals surface area (Å²) >= 11 is 3.13. The molecule has 1 atom stereocenters. The van der Waals surface area contributed by atoms with Crippen LogP contribution in [0.2, 0.25) is 0 Å². The minimum atomic E-state index is 0.0509. The lowest BCUT2D eigenvalue weighted by molar-refractivity contribution is 1.12. The second-order valence-corrected chi connectivity index (χ2v) is 1.21. The van der Waals surface area contributed by atoms with Crippen LogP contribution in [0.15, 0.2) is 0 Å². The molecule has 26 valence electrons. The van der Waals surface area contributed by atoms with Gasteiger partial charge in [0, 0.05) is 6.70 Å². The Morgan fingerprint density at radius 2 is 2.50 bits per heavy atom. The van der Waals surface area contributed by atoms with E-state index in [0.29, 0.717) is 0 Å². The summed E-state index contributed by atoms with van der Waals surface area (Å²) in [7, 11) is 0. The Balaban J connectivity index is 2.54. The predicted octanol–water partition coefficient (Wildman–Crippen LogP) is 1.79. The van der Waals surface area contributed by atoms with Gasteiger partial charge in [-0.25, -0.2) is 0 Å². The zero-order chi connectivity index (χ0) is 4.28. The summed E-state index contributed by atoms with van der Waals surface area (Å²) < 4.78 is 6.78. The molecule has 1 unspecified atom stereocenters. The quantitative estimate of drug-likeness (QED) is 0.467. The molecule has 0 nitrogen and oxygen atoms in total. The van der Waals surface area contributed by atoms with Crippen molar-refractivity contribution in [2.24, 2.45) is 0 Å². The van der Waals surface area contributed by atoms with Crippen molar-refractivity contribution in [3.8, 4) is 0 Å². The first kappa shape index (κ1) is 2.70. The van der Waals surface area contributed by atoms with E-state index in [0.717, 1.165) is 5.33 Å². The number of alkyl halides is 1. The van der Waals surface area contributed by atoms with E-state index in [2.05, 4.69) is 15.9 Å². The van der Waals surface area contributed by atoms with Gasteiger partial charge in [-0.1, -0.05) is 22.9 Å². The zero-order valence-electron chi connectivity index (χ0n) is 3.66. The smallest absolute Gasteiger partial charge is 0.0272 e. The lowest BCUT2D eigenvalue weighted by Crippen LogP contribution is -1.54. The molecule has 0 saturated heterocycles. The lowest BCUT2D eigenvalue weighted by Gasteiger charge is -1.66. The fourth-order valence-corrected chi connectivity index (χ4v) is 0. The van der Waals surface area contributed by atoms with Crippen molar-refractivity contribution in [1.29, 1.82) is 0 Å². The largest absolute Gasteiger partial charge is 0.0928 e. The van der Waals surface area contributed by atoms with Crippen molar-refractivity contribution >= 4 is 15.9 Å². The first-order valence-corrected chi connectivity index (χ1v) is 2.37. The van der Waals surface area contributed by atoms with Gasteiger partial charge in [0.05, 0.1) is 0 Å². The third kappa shape index (κ3) is 2.48. The average molecular weight is 124 g/mol. The van der Waals surface area contributed by atoms with E-state index >= 15 is 0 Å². The summed E-state index contributed by atoms with van der Waals surface area (Å²) in [5, 5.41) is 0.785. The van der Waals surface area contributed by atoms with Gasteiger partial charge in [0.15, 0.2) is 0 Å².